The van der Waals surface area contributed by atoms with Crippen LogP contribution in [0.1, 0.15) is 128 Å². The van der Waals surface area contributed by atoms with E-state index in [-0.39, 0.29) is 32.2 Å². The molecule has 4 fully saturated rings. The molecule has 0 unspecified atom stereocenters. The molecular weight excluding hydrogens is 577 g/mol. The number of hydrogen-bond acceptors (Lipinski definition) is 2. The molecule has 0 saturated heterocycles. The summed E-state index contributed by atoms with van der Waals surface area (Å²) in [5.41, 5.74) is 4.41. The Balaban J connectivity index is 0.00000167. The molecule has 0 radical (unpaired) electrons. The van der Waals surface area contributed by atoms with Crippen molar-refractivity contribution < 1.29 is 21.2 Å². The van der Waals surface area contributed by atoms with Gasteiger partial charge in [0.15, 0.2) is 0 Å². The van der Waals surface area contributed by atoms with E-state index < -0.39 is 0 Å². The summed E-state index contributed by atoms with van der Waals surface area (Å²) < 4.78 is 2.79. The monoisotopic (exact) mass is 631 g/mol. The zero-order valence-electron chi connectivity index (χ0n) is 22.5. The van der Waals surface area contributed by atoms with Crippen molar-refractivity contribution in [3.63, 3.8) is 0 Å². The molecule has 35 heavy (non-hydrogen) atoms. The van der Waals surface area contributed by atoms with Crippen molar-refractivity contribution in [2.45, 2.75) is 151 Å². The summed E-state index contributed by atoms with van der Waals surface area (Å²) in [6.07, 6.45) is 33.7. The second kappa shape index (κ2) is 18.6. The van der Waals surface area contributed by atoms with E-state index in [2.05, 4.69) is 3.64 Å². The Bertz CT molecular complexity index is 455. The summed E-state index contributed by atoms with van der Waals surface area (Å²) >= 11 is -0.0805. The Morgan fingerprint density at radius 3 is 1.03 bits per heavy atom. The molecule has 4 aliphatic carbocycles. The molecule has 4 saturated carbocycles. The summed E-state index contributed by atoms with van der Waals surface area (Å²) in [6, 6.07) is 0. The fraction of sp³-hybridized carbons (Fsp3) is 0.966. The second-order valence-electron chi connectivity index (χ2n) is 11.6. The summed E-state index contributed by atoms with van der Waals surface area (Å²) in [6.45, 7) is 4.69. The number of halogens is 1. The molecule has 0 bridgehead atoms. The third kappa shape index (κ3) is 10.5. The van der Waals surface area contributed by atoms with Gasteiger partial charge in [-0.1, -0.05) is 0 Å². The molecule has 0 N–H and O–H groups in total. The minimum absolute atomic E-state index is 0.0805. The molecule has 206 valence electrons. The van der Waals surface area contributed by atoms with E-state index in [9.17, 15) is 0 Å². The van der Waals surface area contributed by atoms with E-state index in [1.165, 1.54) is 102 Å². The first kappa shape index (κ1) is 30.9. The average Bonchev–Trinajstić information content (AvgIpc) is 2.95. The van der Waals surface area contributed by atoms with Gasteiger partial charge < -0.3 is 4.79 Å². The molecule has 0 atom stereocenters. The molecular formula is C29H54ClNOP2Ru. The van der Waals surface area contributed by atoms with Crippen LogP contribution in [0.5, 0.6) is 0 Å². The molecule has 6 heteroatoms. The molecule has 0 aromatic rings. The molecule has 2 nitrogen and oxygen atoms in total. The van der Waals surface area contributed by atoms with Gasteiger partial charge in [-0.15, -0.1) is 0 Å². The molecule has 4 aliphatic rings. The van der Waals surface area contributed by atoms with Crippen LogP contribution in [0.2, 0.25) is 0 Å². The van der Waals surface area contributed by atoms with Gasteiger partial charge in [0.2, 0.25) is 0 Å². The predicted molar refractivity (Wildman–Crippen MR) is 156 cm³/mol. The van der Waals surface area contributed by atoms with Gasteiger partial charge >= 0.3 is 222 Å². The fourth-order valence-corrected chi connectivity index (χ4v) is 17.3. The van der Waals surface area contributed by atoms with Crippen LogP contribution in [0.4, 0.5) is 0 Å². The average molecular weight is 631 g/mol. The van der Waals surface area contributed by atoms with E-state index >= 15 is 0 Å². The molecule has 4 rings (SSSR count). The number of rotatable bonds is 11. The van der Waals surface area contributed by atoms with E-state index in [1.54, 1.807) is 51.4 Å². The van der Waals surface area contributed by atoms with Crippen LogP contribution in [-0.4, -0.2) is 58.5 Å². The van der Waals surface area contributed by atoms with E-state index in [0.29, 0.717) is 0 Å². The fourth-order valence-electron chi connectivity index (χ4n) is 7.59. The normalized spacial score (nSPS) is 24.2. The maximum absolute atomic E-state index is 8.00. The Morgan fingerprint density at radius 1 is 0.543 bits per heavy atom. The zero-order chi connectivity index (χ0) is 24.7. The first-order chi connectivity index (χ1) is 17.3. The van der Waals surface area contributed by atoms with Gasteiger partial charge in [0.25, 0.3) is 0 Å². The van der Waals surface area contributed by atoms with Crippen LogP contribution in [0.15, 0.2) is 0 Å². The Morgan fingerprint density at radius 2 is 0.800 bits per heavy atom. The van der Waals surface area contributed by atoms with Gasteiger partial charge in [-0.3, -0.25) is 0 Å². The van der Waals surface area contributed by atoms with E-state index in [0.717, 1.165) is 22.6 Å². The molecule has 0 heterocycles. The van der Waals surface area contributed by atoms with Crippen LogP contribution in [0.3, 0.4) is 0 Å². The first-order valence-corrected chi connectivity index (χ1v) is 21.5. The van der Waals surface area contributed by atoms with Crippen molar-refractivity contribution in [1.29, 1.82) is 0 Å². The van der Waals surface area contributed by atoms with Crippen molar-refractivity contribution in [3.8, 4) is 0 Å². The summed E-state index contributed by atoms with van der Waals surface area (Å²) in [4.78, 5) is 8.00. The van der Waals surface area contributed by atoms with Gasteiger partial charge in [0, 0.05) is 0 Å². The quantitative estimate of drug-likeness (QED) is 0.167. The summed E-state index contributed by atoms with van der Waals surface area (Å²) in [5, 5.41) is 0. The van der Waals surface area contributed by atoms with Crippen molar-refractivity contribution in [2.75, 3.05) is 25.4 Å². The summed E-state index contributed by atoms with van der Waals surface area (Å²) in [5.74, 6) is 0. The van der Waals surface area contributed by atoms with Gasteiger partial charge in [-0.2, -0.15) is 0 Å². The van der Waals surface area contributed by atoms with Crippen molar-refractivity contribution in [2.24, 2.45) is 0 Å². The number of carbonyl (C=O) groups is 1. The third-order valence-electron chi connectivity index (χ3n) is 9.45. The van der Waals surface area contributed by atoms with Crippen molar-refractivity contribution in [3.05, 3.63) is 0 Å². The number of nitrogens with zero attached hydrogens (tertiary/aromatic N) is 1. The van der Waals surface area contributed by atoms with Crippen molar-refractivity contribution >= 4 is 32.3 Å². The Kier molecular flexibility index (Phi) is 16.5. The van der Waals surface area contributed by atoms with Gasteiger partial charge in [0.1, 0.15) is 6.79 Å². The van der Waals surface area contributed by atoms with Crippen LogP contribution in [0, 0.1) is 0 Å². The van der Waals surface area contributed by atoms with Gasteiger partial charge in [0.05, 0.1) is 0 Å². The Hall–Kier alpha value is 1.40. The summed E-state index contributed by atoms with van der Waals surface area (Å²) in [7, 11) is 7.18. The number of hydrogen-bond donors (Lipinski definition) is 0. The van der Waals surface area contributed by atoms with E-state index in [1.807, 2.05) is 6.79 Å². The molecule has 0 aromatic carbocycles. The van der Waals surface area contributed by atoms with Crippen LogP contribution in [-0.2, 0) is 21.2 Å². The van der Waals surface area contributed by atoms with E-state index in [4.69, 9.17) is 14.5 Å². The molecule has 0 amide bonds. The predicted octanol–water partition coefficient (Wildman–Crippen LogP) is 9.55. The molecule has 0 spiro atoms. The standard InChI is InChI=1S/C28H52NP2.CH2O.ClH.Ru/c1-5-13-25(14-6-1)30(26-15-7-2-8-16-26)23-21-29-22-24-31(27-17-9-3-10-18-27)28-19-11-4-12-20-28;1-2;;/h25-28H,1-24H2;1H2;1H;/q-1;;;+2/p-1. The topological polar surface area (TPSA) is 20.3 Å². The van der Waals surface area contributed by atoms with Crippen LogP contribution < -0.4 is 0 Å². The second-order valence-corrected chi connectivity index (χ2v) is 19.6. The zero-order valence-corrected chi connectivity index (χ0v) is 26.8. The van der Waals surface area contributed by atoms with Crippen molar-refractivity contribution in [1.82, 2.24) is 3.64 Å². The SMILES string of the molecule is C=O.[Cl][Ru][N](CCP(C1CCCCC1)C1CCCCC1)CCP(C1CCCCC1)C1CCCCC1. The third-order valence-corrected chi connectivity index (χ3v) is 18.9. The molecule has 0 aromatic heterocycles. The van der Waals surface area contributed by atoms with Gasteiger partial charge in [-0.05, 0) is 0 Å². The minimum atomic E-state index is -0.0805. The Labute approximate surface area is 232 Å². The van der Waals surface area contributed by atoms with Gasteiger partial charge in [-0.25, -0.2) is 0 Å². The van der Waals surface area contributed by atoms with Crippen LogP contribution in [0.25, 0.3) is 0 Å². The maximum atomic E-state index is 8.00. The first-order valence-electron chi connectivity index (χ1n) is 15.1. The van der Waals surface area contributed by atoms with Crippen LogP contribution >= 0.6 is 25.5 Å². The molecule has 0 aliphatic heterocycles. The number of carbonyl (C=O) groups excluding carboxylic acids is 1.